The molecule has 2 amide bonds. The van der Waals surface area contributed by atoms with Gasteiger partial charge in [0.15, 0.2) is 0 Å². The molecular formula is C31H39N3O6S. The first kappa shape index (κ1) is 31.5. The van der Waals surface area contributed by atoms with E-state index in [1.165, 1.54) is 24.1 Å². The molecular weight excluding hydrogens is 542 g/mol. The van der Waals surface area contributed by atoms with E-state index in [2.05, 4.69) is 5.32 Å². The molecule has 0 aliphatic heterocycles. The molecule has 9 nitrogen and oxygen atoms in total. The first-order chi connectivity index (χ1) is 19.6. The van der Waals surface area contributed by atoms with Crippen molar-refractivity contribution in [3.8, 4) is 11.5 Å². The number of hydrogen-bond donors (Lipinski definition) is 1. The van der Waals surface area contributed by atoms with Crippen molar-refractivity contribution in [2.75, 3.05) is 31.6 Å². The zero-order valence-electron chi connectivity index (χ0n) is 24.3. The molecule has 0 radical (unpaired) electrons. The second-order valence-corrected chi connectivity index (χ2v) is 11.5. The Hall–Kier alpha value is -4.05. The van der Waals surface area contributed by atoms with Gasteiger partial charge in [-0.3, -0.25) is 13.9 Å². The predicted molar refractivity (Wildman–Crippen MR) is 160 cm³/mol. The minimum atomic E-state index is -4.17. The molecule has 3 rings (SSSR count). The van der Waals surface area contributed by atoms with Gasteiger partial charge in [-0.05, 0) is 61.7 Å². The lowest BCUT2D eigenvalue weighted by molar-refractivity contribution is -0.140. The number of nitrogens with zero attached hydrogens (tertiary/aromatic N) is 2. The monoisotopic (exact) mass is 581 g/mol. The van der Waals surface area contributed by atoms with Gasteiger partial charge in [-0.1, -0.05) is 49.7 Å². The van der Waals surface area contributed by atoms with E-state index < -0.39 is 28.5 Å². The highest BCUT2D eigenvalue weighted by Gasteiger charge is 2.33. The quantitative estimate of drug-likeness (QED) is 0.300. The normalized spacial score (nSPS) is 11.8. The van der Waals surface area contributed by atoms with E-state index in [1.54, 1.807) is 61.7 Å². The molecule has 1 atom stereocenters. The molecule has 0 heterocycles. The molecule has 1 N–H and O–H groups in total. The standard InChI is InChI=1S/C31H39N3O6S/c1-6-18-32-31(36)29(7-2)33(21-24-10-8-12-26(19-24)39-4)30(35)22-34(25-11-9-13-27(20-25)40-5)41(37,38)28-16-14-23(3)15-17-28/h8-17,19-20,29H,6-7,18,21-22H2,1-5H3,(H,32,36)/t29-/m1/s1. The molecule has 3 aromatic carbocycles. The number of benzene rings is 3. The van der Waals surface area contributed by atoms with Crippen molar-refractivity contribution >= 4 is 27.5 Å². The van der Waals surface area contributed by atoms with Crippen LogP contribution in [0.3, 0.4) is 0 Å². The summed E-state index contributed by atoms with van der Waals surface area (Å²) in [6, 6.07) is 19.4. The predicted octanol–water partition coefficient (Wildman–Crippen LogP) is 4.54. The highest BCUT2D eigenvalue weighted by atomic mass is 32.2. The first-order valence-electron chi connectivity index (χ1n) is 13.6. The smallest absolute Gasteiger partial charge is 0.264 e. The summed E-state index contributed by atoms with van der Waals surface area (Å²) in [5, 5.41) is 2.88. The Morgan fingerprint density at radius 3 is 2.15 bits per heavy atom. The Morgan fingerprint density at radius 2 is 1.54 bits per heavy atom. The zero-order valence-corrected chi connectivity index (χ0v) is 25.1. The number of aryl methyl sites for hydroxylation is 1. The van der Waals surface area contributed by atoms with Gasteiger partial charge in [0.05, 0.1) is 24.8 Å². The van der Waals surface area contributed by atoms with Crippen molar-refractivity contribution in [2.24, 2.45) is 0 Å². The molecule has 0 unspecified atom stereocenters. The number of nitrogens with one attached hydrogen (secondary N) is 1. The van der Waals surface area contributed by atoms with E-state index >= 15 is 0 Å². The summed E-state index contributed by atoms with van der Waals surface area (Å²) < 4.78 is 39.7. The molecule has 220 valence electrons. The second-order valence-electron chi connectivity index (χ2n) is 9.61. The third-order valence-electron chi connectivity index (χ3n) is 6.65. The van der Waals surface area contributed by atoms with Gasteiger partial charge in [-0.15, -0.1) is 0 Å². The van der Waals surface area contributed by atoms with Crippen LogP contribution in [0.25, 0.3) is 0 Å². The van der Waals surface area contributed by atoms with Crippen LogP contribution < -0.4 is 19.1 Å². The average molecular weight is 582 g/mol. The summed E-state index contributed by atoms with van der Waals surface area (Å²) >= 11 is 0. The third-order valence-corrected chi connectivity index (χ3v) is 8.44. The minimum Gasteiger partial charge on any atom is -0.497 e. The number of carbonyl (C=O) groups is 2. The fourth-order valence-electron chi connectivity index (χ4n) is 4.38. The summed E-state index contributed by atoms with van der Waals surface area (Å²) in [4.78, 5) is 28.8. The molecule has 0 aliphatic carbocycles. The van der Waals surface area contributed by atoms with E-state index in [1.807, 2.05) is 26.8 Å². The lowest BCUT2D eigenvalue weighted by atomic mass is 10.1. The summed E-state index contributed by atoms with van der Waals surface area (Å²) in [7, 11) is -1.13. The summed E-state index contributed by atoms with van der Waals surface area (Å²) in [6.45, 7) is 5.67. The number of hydrogen-bond acceptors (Lipinski definition) is 6. The lowest BCUT2D eigenvalue weighted by Crippen LogP contribution is -2.52. The molecule has 0 aliphatic rings. The van der Waals surface area contributed by atoms with Gasteiger partial charge >= 0.3 is 0 Å². The lowest BCUT2D eigenvalue weighted by Gasteiger charge is -2.33. The maximum atomic E-state index is 14.1. The number of sulfonamides is 1. The Bertz CT molecular complexity index is 1430. The Kier molecular flexibility index (Phi) is 11.2. The van der Waals surface area contributed by atoms with Gasteiger partial charge in [0.2, 0.25) is 11.8 Å². The van der Waals surface area contributed by atoms with E-state index in [-0.39, 0.29) is 23.0 Å². The van der Waals surface area contributed by atoms with Crippen molar-refractivity contribution in [1.29, 1.82) is 0 Å². The number of amides is 2. The van der Waals surface area contributed by atoms with Gasteiger partial charge in [-0.2, -0.15) is 0 Å². The fraction of sp³-hybridized carbons (Fsp3) is 0.355. The number of rotatable bonds is 14. The second kappa shape index (κ2) is 14.5. The van der Waals surface area contributed by atoms with Crippen LogP contribution in [0.1, 0.15) is 37.8 Å². The molecule has 41 heavy (non-hydrogen) atoms. The maximum Gasteiger partial charge on any atom is 0.264 e. The van der Waals surface area contributed by atoms with Gasteiger partial charge in [0, 0.05) is 19.2 Å². The van der Waals surface area contributed by atoms with E-state index in [4.69, 9.17) is 9.47 Å². The average Bonchev–Trinajstić information content (AvgIpc) is 2.98. The third kappa shape index (κ3) is 8.00. The van der Waals surface area contributed by atoms with Crippen molar-refractivity contribution in [1.82, 2.24) is 10.2 Å². The van der Waals surface area contributed by atoms with Crippen LogP contribution in [0.5, 0.6) is 11.5 Å². The number of anilines is 1. The van der Waals surface area contributed by atoms with Crippen LogP contribution in [-0.2, 0) is 26.2 Å². The van der Waals surface area contributed by atoms with Gasteiger partial charge < -0.3 is 19.7 Å². The summed E-state index contributed by atoms with van der Waals surface area (Å²) in [5.74, 6) is 0.237. The molecule has 0 spiro atoms. The van der Waals surface area contributed by atoms with Crippen LogP contribution in [-0.4, -0.2) is 58.5 Å². The number of carbonyl (C=O) groups excluding carboxylic acids is 2. The van der Waals surface area contributed by atoms with Crippen molar-refractivity contribution in [3.05, 3.63) is 83.9 Å². The molecule has 0 saturated heterocycles. The van der Waals surface area contributed by atoms with Crippen molar-refractivity contribution in [3.63, 3.8) is 0 Å². The van der Waals surface area contributed by atoms with Crippen LogP contribution in [0.2, 0.25) is 0 Å². The largest absolute Gasteiger partial charge is 0.497 e. The molecule has 0 aromatic heterocycles. The van der Waals surface area contributed by atoms with Crippen LogP contribution >= 0.6 is 0 Å². The number of ether oxygens (including phenoxy) is 2. The molecule has 0 fully saturated rings. The van der Waals surface area contributed by atoms with Crippen LogP contribution in [0.15, 0.2) is 77.7 Å². The van der Waals surface area contributed by atoms with E-state index in [0.29, 0.717) is 24.5 Å². The van der Waals surface area contributed by atoms with Crippen molar-refractivity contribution < 1.29 is 27.5 Å². The van der Waals surface area contributed by atoms with Gasteiger partial charge in [0.25, 0.3) is 10.0 Å². The van der Waals surface area contributed by atoms with Crippen LogP contribution in [0.4, 0.5) is 5.69 Å². The molecule has 0 saturated carbocycles. The number of methoxy groups -OCH3 is 2. The maximum absolute atomic E-state index is 14.1. The van der Waals surface area contributed by atoms with Gasteiger partial charge in [-0.25, -0.2) is 8.42 Å². The zero-order chi connectivity index (χ0) is 30.0. The van der Waals surface area contributed by atoms with Crippen LogP contribution in [0, 0.1) is 6.92 Å². The Balaban J connectivity index is 2.08. The van der Waals surface area contributed by atoms with E-state index in [9.17, 15) is 18.0 Å². The molecule has 0 bridgehead atoms. The van der Waals surface area contributed by atoms with E-state index in [0.717, 1.165) is 21.9 Å². The highest BCUT2D eigenvalue weighted by molar-refractivity contribution is 7.92. The SMILES string of the molecule is CCCNC(=O)[C@@H](CC)N(Cc1cccc(OC)c1)C(=O)CN(c1cccc(OC)c1)S(=O)(=O)c1ccc(C)cc1. The molecule has 3 aromatic rings. The molecule has 10 heteroatoms. The Labute approximate surface area is 243 Å². The first-order valence-corrected chi connectivity index (χ1v) is 15.0. The summed E-state index contributed by atoms with van der Waals surface area (Å²) in [5.41, 5.74) is 1.91. The topological polar surface area (TPSA) is 105 Å². The minimum absolute atomic E-state index is 0.0470. The van der Waals surface area contributed by atoms with Crippen molar-refractivity contribution in [2.45, 2.75) is 51.1 Å². The fourth-order valence-corrected chi connectivity index (χ4v) is 5.79. The summed E-state index contributed by atoms with van der Waals surface area (Å²) in [6.07, 6.45) is 1.08. The highest BCUT2D eigenvalue weighted by Crippen LogP contribution is 2.28. The Morgan fingerprint density at radius 1 is 0.902 bits per heavy atom. The van der Waals surface area contributed by atoms with Gasteiger partial charge in [0.1, 0.15) is 24.1 Å².